The summed E-state index contributed by atoms with van der Waals surface area (Å²) in [6, 6.07) is 6.65. The zero-order chi connectivity index (χ0) is 15.9. The van der Waals surface area contributed by atoms with Crippen LogP contribution in [-0.2, 0) is 4.74 Å². The van der Waals surface area contributed by atoms with E-state index in [0.29, 0.717) is 17.7 Å². The lowest BCUT2D eigenvalue weighted by Crippen LogP contribution is -2.19. The molecule has 0 spiro atoms. The number of rotatable bonds is 7. The Balaban J connectivity index is 2.59. The average Bonchev–Trinajstić information content (AvgIpc) is 2.38. The molecular formula is C15H20F3NO2. The molecule has 1 aromatic rings. The Labute approximate surface area is 122 Å². The molecule has 1 aromatic carbocycles. The second kappa shape index (κ2) is 7.90. The average molecular weight is 303 g/mol. The molecule has 0 saturated heterocycles. The van der Waals surface area contributed by atoms with E-state index >= 15 is 0 Å². The molecule has 0 aliphatic heterocycles. The van der Waals surface area contributed by atoms with E-state index in [0.717, 1.165) is 0 Å². The molecule has 1 atom stereocenters. The number of esters is 1. The van der Waals surface area contributed by atoms with E-state index in [1.807, 2.05) is 0 Å². The number of alkyl halides is 3. The molecule has 3 nitrogen and oxygen atoms in total. The summed E-state index contributed by atoms with van der Waals surface area (Å²) < 4.78 is 41.3. The van der Waals surface area contributed by atoms with Gasteiger partial charge >= 0.3 is 12.1 Å². The summed E-state index contributed by atoms with van der Waals surface area (Å²) in [7, 11) is 0. The first-order valence-corrected chi connectivity index (χ1v) is 6.93. The van der Waals surface area contributed by atoms with E-state index in [1.54, 1.807) is 38.1 Å². The highest BCUT2D eigenvalue weighted by Gasteiger charge is 2.26. The van der Waals surface area contributed by atoms with Crippen molar-refractivity contribution < 1.29 is 22.7 Å². The van der Waals surface area contributed by atoms with E-state index in [2.05, 4.69) is 5.32 Å². The van der Waals surface area contributed by atoms with Crippen LogP contribution < -0.4 is 5.32 Å². The van der Waals surface area contributed by atoms with Gasteiger partial charge < -0.3 is 10.1 Å². The zero-order valence-corrected chi connectivity index (χ0v) is 12.2. The van der Waals surface area contributed by atoms with Gasteiger partial charge in [-0.05, 0) is 38.8 Å². The number of carbonyl (C=O) groups is 1. The summed E-state index contributed by atoms with van der Waals surface area (Å²) in [5, 5.41) is 3.07. The summed E-state index contributed by atoms with van der Waals surface area (Å²) in [6.07, 6.45) is -4.49. The van der Waals surface area contributed by atoms with Gasteiger partial charge in [0.1, 0.15) is 0 Å². The Morgan fingerprint density at radius 1 is 1.33 bits per heavy atom. The molecule has 6 heteroatoms. The van der Waals surface area contributed by atoms with Gasteiger partial charge in [0, 0.05) is 18.2 Å². The van der Waals surface area contributed by atoms with Crippen molar-refractivity contribution in [3.63, 3.8) is 0 Å². The van der Waals surface area contributed by atoms with Crippen LogP contribution in [0.5, 0.6) is 0 Å². The van der Waals surface area contributed by atoms with E-state index in [1.165, 1.54) is 0 Å². The molecule has 0 fully saturated rings. The molecule has 0 saturated carbocycles. The van der Waals surface area contributed by atoms with Crippen LogP contribution in [0.4, 0.5) is 18.9 Å². The molecule has 1 unspecified atom stereocenters. The summed E-state index contributed by atoms with van der Waals surface area (Å²) in [4.78, 5) is 11.8. The molecular weight excluding hydrogens is 283 g/mol. The quantitative estimate of drug-likeness (QED) is 0.759. The van der Waals surface area contributed by atoms with Crippen molar-refractivity contribution in [1.29, 1.82) is 0 Å². The number of carbonyl (C=O) groups excluding carboxylic acids is 1. The maximum absolute atomic E-state index is 12.1. The third-order valence-electron chi connectivity index (χ3n) is 2.92. The number of nitrogens with one attached hydrogen (secondary N) is 1. The van der Waals surface area contributed by atoms with Crippen molar-refractivity contribution in [2.75, 3.05) is 11.9 Å². The second-order valence-electron chi connectivity index (χ2n) is 4.82. The fourth-order valence-corrected chi connectivity index (χ4v) is 1.94. The minimum atomic E-state index is -4.12. The number of hydrogen-bond donors (Lipinski definition) is 1. The van der Waals surface area contributed by atoms with Gasteiger partial charge in [-0.25, -0.2) is 4.79 Å². The van der Waals surface area contributed by atoms with Gasteiger partial charge in [-0.3, -0.25) is 0 Å². The Morgan fingerprint density at radius 2 is 2.00 bits per heavy atom. The summed E-state index contributed by atoms with van der Waals surface area (Å²) >= 11 is 0. The number of anilines is 1. The van der Waals surface area contributed by atoms with Gasteiger partial charge in [-0.2, -0.15) is 13.2 Å². The van der Waals surface area contributed by atoms with Gasteiger partial charge in [-0.1, -0.05) is 12.1 Å². The van der Waals surface area contributed by atoms with Crippen LogP contribution in [0.3, 0.4) is 0 Å². The second-order valence-corrected chi connectivity index (χ2v) is 4.82. The van der Waals surface area contributed by atoms with Crippen molar-refractivity contribution in [2.24, 2.45) is 0 Å². The van der Waals surface area contributed by atoms with Crippen LogP contribution in [0.25, 0.3) is 0 Å². The fraction of sp³-hybridized carbons (Fsp3) is 0.533. The van der Waals surface area contributed by atoms with E-state index in [4.69, 9.17) is 4.74 Å². The highest BCUT2D eigenvalue weighted by molar-refractivity contribution is 5.95. The number of para-hydroxylation sites is 1. The minimum Gasteiger partial charge on any atom is -0.462 e. The SMILES string of the molecule is CCOC(=O)c1ccccc1NC(C)CCCC(F)(F)F. The van der Waals surface area contributed by atoms with Crippen LogP contribution in [0, 0.1) is 0 Å². The number of halogens is 3. The smallest absolute Gasteiger partial charge is 0.389 e. The molecule has 118 valence electrons. The first-order chi connectivity index (χ1) is 9.83. The largest absolute Gasteiger partial charge is 0.462 e. The first-order valence-electron chi connectivity index (χ1n) is 6.93. The maximum atomic E-state index is 12.1. The molecule has 0 aliphatic rings. The molecule has 1 N–H and O–H groups in total. The zero-order valence-electron chi connectivity index (χ0n) is 12.2. The van der Waals surface area contributed by atoms with Crippen LogP contribution in [0.15, 0.2) is 24.3 Å². The Morgan fingerprint density at radius 3 is 2.62 bits per heavy atom. The van der Waals surface area contributed by atoms with Crippen LogP contribution in [-0.4, -0.2) is 24.8 Å². The van der Waals surface area contributed by atoms with Crippen molar-refractivity contribution in [2.45, 2.75) is 45.3 Å². The van der Waals surface area contributed by atoms with Gasteiger partial charge in [0.2, 0.25) is 0 Å². The normalized spacial score (nSPS) is 12.8. The Kier molecular flexibility index (Phi) is 6.52. The van der Waals surface area contributed by atoms with Crippen LogP contribution in [0.2, 0.25) is 0 Å². The predicted octanol–water partition coefficient (Wildman–Crippen LogP) is 4.40. The third-order valence-corrected chi connectivity index (χ3v) is 2.92. The maximum Gasteiger partial charge on any atom is 0.389 e. The monoisotopic (exact) mass is 303 g/mol. The van der Waals surface area contributed by atoms with Crippen LogP contribution >= 0.6 is 0 Å². The van der Waals surface area contributed by atoms with Gasteiger partial charge in [0.25, 0.3) is 0 Å². The van der Waals surface area contributed by atoms with Gasteiger partial charge in [-0.15, -0.1) is 0 Å². The highest BCUT2D eigenvalue weighted by Crippen LogP contribution is 2.24. The summed E-state index contributed by atoms with van der Waals surface area (Å²) in [5.41, 5.74) is 0.970. The first kappa shape index (κ1) is 17.3. The van der Waals surface area contributed by atoms with Crippen LogP contribution in [0.1, 0.15) is 43.5 Å². The summed E-state index contributed by atoms with van der Waals surface area (Å²) in [5.74, 6) is -0.442. The molecule has 0 bridgehead atoms. The molecule has 0 aromatic heterocycles. The van der Waals surface area contributed by atoms with E-state index < -0.39 is 18.6 Å². The molecule has 21 heavy (non-hydrogen) atoms. The lowest BCUT2D eigenvalue weighted by Gasteiger charge is -2.18. The summed E-state index contributed by atoms with van der Waals surface area (Å²) in [6.45, 7) is 3.78. The Hall–Kier alpha value is -1.72. The number of benzene rings is 1. The van der Waals surface area contributed by atoms with E-state index in [-0.39, 0.29) is 19.1 Å². The number of ether oxygens (including phenoxy) is 1. The lowest BCUT2D eigenvalue weighted by molar-refractivity contribution is -0.135. The van der Waals surface area contributed by atoms with Crippen molar-refractivity contribution in [3.8, 4) is 0 Å². The van der Waals surface area contributed by atoms with E-state index in [9.17, 15) is 18.0 Å². The van der Waals surface area contributed by atoms with Crippen molar-refractivity contribution >= 4 is 11.7 Å². The van der Waals surface area contributed by atoms with Crippen molar-refractivity contribution in [1.82, 2.24) is 0 Å². The molecule has 0 heterocycles. The molecule has 0 radical (unpaired) electrons. The predicted molar refractivity (Wildman–Crippen MR) is 75.4 cm³/mol. The molecule has 0 aliphatic carbocycles. The molecule has 0 amide bonds. The minimum absolute atomic E-state index is 0.0548. The topological polar surface area (TPSA) is 38.3 Å². The van der Waals surface area contributed by atoms with Crippen molar-refractivity contribution in [3.05, 3.63) is 29.8 Å². The standard InChI is InChI=1S/C15H20F3NO2/c1-3-21-14(20)12-8-4-5-9-13(12)19-11(2)7-6-10-15(16,17)18/h4-5,8-9,11,19H,3,6-7,10H2,1-2H3. The lowest BCUT2D eigenvalue weighted by atomic mass is 10.1. The number of hydrogen-bond acceptors (Lipinski definition) is 3. The van der Waals surface area contributed by atoms with Gasteiger partial charge in [0.15, 0.2) is 0 Å². The molecule has 1 rings (SSSR count). The van der Waals surface area contributed by atoms with Gasteiger partial charge in [0.05, 0.1) is 12.2 Å². The highest BCUT2D eigenvalue weighted by atomic mass is 19.4. The Bertz CT molecular complexity index is 460. The third kappa shape index (κ3) is 6.51. The fourth-order valence-electron chi connectivity index (χ4n) is 1.94.